The molecule has 6 heteroatoms. The molecule has 0 fully saturated rings. The highest BCUT2D eigenvalue weighted by atomic mass is 16.6. The second-order valence-electron chi connectivity index (χ2n) is 5.22. The van der Waals surface area contributed by atoms with Crippen LogP contribution in [0.5, 0.6) is 0 Å². The summed E-state index contributed by atoms with van der Waals surface area (Å²) in [5.74, 6) is 0. The van der Waals surface area contributed by atoms with Gasteiger partial charge in [0.05, 0.1) is 12.7 Å². The quantitative estimate of drug-likeness (QED) is 0.839. The molecule has 6 nitrogen and oxygen atoms in total. The summed E-state index contributed by atoms with van der Waals surface area (Å²) in [6.45, 7) is 1.32. The van der Waals surface area contributed by atoms with Gasteiger partial charge in [-0.25, -0.2) is 10.0 Å². The van der Waals surface area contributed by atoms with E-state index in [1.165, 1.54) is 0 Å². The Balaban J connectivity index is 1.62. The number of benzene rings is 1. The molecule has 2 heterocycles. The fourth-order valence-electron chi connectivity index (χ4n) is 2.48. The lowest BCUT2D eigenvalue weighted by atomic mass is 10.1. The molecular formula is C16H18N3O3+. The molecule has 0 saturated heterocycles. The van der Waals surface area contributed by atoms with Crippen LogP contribution in [-0.2, 0) is 24.3 Å². The van der Waals surface area contributed by atoms with Crippen molar-refractivity contribution in [3.8, 4) is 0 Å². The van der Waals surface area contributed by atoms with Crippen LogP contribution < -0.4 is 5.48 Å². The van der Waals surface area contributed by atoms with Gasteiger partial charge in [0.15, 0.2) is 5.69 Å². The molecule has 3 rings (SSSR count). The molecule has 0 spiro atoms. The summed E-state index contributed by atoms with van der Waals surface area (Å²) >= 11 is 0. The van der Waals surface area contributed by atoms with Crippen molar-refractivity contribution in [3.05, 3.63) is 59.4 Å². The van der Waals surface area contributed by atoms with Crippen LogP contribution in [0.3, 0.4) is 0 Å². The van der Waals surface area contributed by atoms with Crippen LogP contribution >= 0.6 is 0 Å². The molecule has 1 aromatic carbocycles. The van der Waals surface area contributed by atoms with Crippen LogP contribution in [0, 0.1) is 0 Å². The highest BCUT2D eigenvalue weighted by Gasteiger charge is 2.23. The van der Waals surface area contributed by atoms with Crippen LogP contribution in [-0.4, -0.2) is 27.7 Å². The molecule has 1 aromatic heterocycles. The third-order valence-corrected chi connectivity index (χ3v) is 3.67. The molecule has 0 unspecified atom stereocenters. The Morgan fingerprint density at radius 2 is 2.18 bits per heavy atom. The zero-order valence-corrected chi connectivity index (χ0v) is 12.1. The lowest BCUT2D eigenvalue weighted by molar-refractivity contribution is -0.825. The van der Waals surface area contributed by atoms with Gasteiger partial charge in [-0.2, -0.15) is 5.48 Å². The normalized spacial score (nSPS) is 13.6. The number of rotatable bonds is 3. The number of quaternary nitrogens is 1. The molecule has 3 N–H and O–H groups in total. The average Bonchev–Trinajstić information content (AvgIpc) is 2.59. The van der Waals surface area contributed by atoms with Crippen LogP contribution in [0.4, 0.5) is 10.5 Å². The van der Waals surface area contributed by atoms with Crippen molar-refractivity contribution < 1.29 is 20.2 Å². The molecule has 0 radical (unpaired) electrons. The van der Waals surface area contributed by atoms with Gasteiger partial charge in [-0.1, -0.05) is 30.3 Å². The summed E-state index contributed by atoms with van der Waals surface area (Å²) in [5.41, 5.74) is 4.54. The second kappa shape index (κ2) is 6.55. The van der Waals surface area contributed by atoms with E-state index >= 15 is 0 Å². The van der Waals surface area contributed by atoms with Gasteiger partial charge in [0.25, 0.3) is 0 Å². The molecule has 0 atom stereocenters. The van der Waals surface area contributed by atoms with E-state index in [1.807, 2.05) is 36.4 Å². The number of nitrogens with zero attached hydrogens (tertiary/aromatic N) is 2. The lowest BCUT2D eigenvalue weighted by Crippen LogP contribution is -2.73. The first-order valence-electron chi connectivity index (χ1n) is 7.17. The van der Waals surface area contributed by atoms with Crippen molar-refractivity contribution in [2.75, 3.05) is 6.54 Å². The van der Waals surface area contributed by atoms with Crippen LogP contribution in [0.1, 0.15) is 16.8 Å². The predicted molar refractivity (Wildman–Crippen MR) is 78.3 cm³/mol. The molecular weight excluding hydrogens is 282 g/mol. The minimum Gasteiger partial charge on any atom is -0.445 e. The third-order valence-electron chi connectivity index (χ3n) is 3.67. The van der Waals surface area contributed by atoms with E-state index in [0.29, 0.717) is 25.2 Å². The zero-order chi connectivity index (χ0) is 15.4. The molecule has 1 amide bonds. The van der Waals surface area contributed by atoms with Crippen LogP contribution in [0.2, 0.25) is 0 Å². The number of nitrogens with two attached hydrogens (primary N) is 1. The van der Waals surface area contributed by atoms with Gasteiger partial charge in [0, 0.05) is 24.7 Å². The molecule has 2 aromatic rings. The standard InChI is InChI=1S/C16H17N3O3/c20-16(22-11-12-4-2-1-3-5-12)19-7-6-15-13(10-19)8-14(18-21)9-17-15/h1-5,8-9,18,21H,6-7,10-11H2/p+1. The van der Waals surface area contributed by atoms with E-state index in [4.69, 9.17) is 9.94 Å². The lowest BCUT2D eigenvalue weighted by Gasteiger charge is -2.27. The maximum atomic E-state index is 12.2. The zero-order valence-electron chi connectivity index (χ0n) is 12.1. The first kappa shape index (κ1) is 14.5. The molecule has 114 valence electrons. The summed E-state index contributed by atoms with van der Waals surface area (Å²) in [6.07, 6.45) is 2.00. The summed E-state index contributed by atoms with van der Waals surface area (Å²) in [6, 6.07) is 11.4. The fourth-order valence-corrected chi connectivity index (χ4v) is 2.48. The number of ether oxygens (including phenoxy) is 1. The van der Waals surface area contributed by atoms with Crippen molar-refractivity contribution in [2.24, 2.45) is 0 Å². The van der Waals surface area contributed by atoms with Gasteiger partial charge >= 0.3 is 6.09 Å². The maximum Gasteiger partial charge on any atom is 0.410 e. The number of carbonyl (C=O) groups is 1. The Hall–Kier alpha value is -2.44. The topological polar surface area (TPSA) is 79.3 Å². The number of amides is 1. The van der Waals surface area contributed by atoms with Crippen molar-refractivity contribution >= 4 is 11.8 Å². The summed E-state index contributed by atoms with van der Waals surface area (Å²) in [5, 5.41) is 9.05. The van der Waals surface area contributed by atoms with Gasteiger partial charge in [0.2, 0.25) is 0 Å². The number of carbonyl (C=O) groups excluding carboxylic acids is 1. The SMILES string of the molecule is O=C(OCc1ccccc1)N1CCc2ncc([NH2+]O)cc2C1. The Kier molecular flexibility index (Phi) is 4.32. The first-order valence-corrected chi connectivity index (χ1v) is 7.17. The molecule has 22 heavy (non-hydrogen) atoms. The van der Waals surface area contributed by atoms with E-state index in [2.05, 4.69) is 4.98 Å². The van der Waals surface area contributed by atoms with E-state index in [1.54, 1.807) is 11.1 Å². The minimum absolute atomic E-state index is 0.270. The number of hydrogen-bond acceptors (Lipinski definition) is 4. The Morgan fingerprint density at radius 1 is 1.36 bits per heavy atom. The molecule has 1 aliphatic heterocycles. The van der Waals surface area contributed by atoms with Crippen molar-refractivity contribution in [1.82, 2.24) is 9.88 Å². The van der Waals surface area contributed by atoms with Crippen LogP contribution in [0.15, 0.2) is 42.6 Å². The van der Waals surface area contributed by atoms with E-state index in [9.17, 15) is 4.79 Å². The van der Waals surface area contributed by atoms with Gasteiger partial charge < -0.3 is 9.64 Å². The molecule has 0 saturated carbocycles. The number of pyridine rings is 1. The average molecular weight is 300 g/mol. The van der Waals surface area contributed by atoms with Crippen molar-refractivity contribution in [1.29, 1.82) is 0 Å². The smallest absolute Gasteiger partial charge is 0.410 e. The highest BCUT2D eigenvalue weighted by molar-refractivity contribution is 5.68. The number of aromatic nitrogens is 1. The summed E-state index contributed by atoms with van der Waals surface area (Å²) in [4.78, 5) is 18.1. The Bertz CT molecular complexity index is 661. The Morgan fingerprint density at radius 3 is 2.95 bits per heavy atom. The van der Waals surface area contributed by atoms with Crippen molar-refractivity contribution in [3.63, 3.8) is 0 Å². The molecule has 1 aliphatic rings. The van der Waals surface area contributed by atoms with E-state index in [-0.39, 0.29) is 12.7 Å². The minimum atomic E-state index is -0.326. The van der Waals surface area contributed by atoms with Gasteiger partial charge in [-0.05, 0) is 11.1 Å². The second-order valence-corrected chi connectivity index (χ2v) is 5.22. The number of fused-ring (bicyclic) bond motifs is 1. The van der Waals surface area contributed by atoms with E-state index in [0.717, 1.165) is 22.3 Å². The maximum absolute atomic E-state index is 12.2. The monoisotopic (exact) mass is 300 g/mol. The molecule has 0 bridgehead atoms. The molecule has 0 aliphatic carbocycles. The fraction of sp³-hybridized carbons (Fsp3) is 0.250. The first-order chi connectivity index (χ1) is 10.8. The van der Waals surface area contributed by atoms with Crippen molar-refractivity contribution in [2.45, 2.75) is 19.6 Å². The van der Waals surface area contributed by atoms with Gasteiger partial charge in [-0.15, -0.1) is 0 Å². The van der Waals surface area contributed by atoms with Gasteiger partial charge in [-0.3, -0.25) is 4.98 Å². The predicted octanol–water partition coefficient (Wildman–Crippen LogP) is 1.36. The largest absolute Gasteiger partial charge is 0.445 e. The summed E-state index contributed by atoms with van der Waals surface area (Å²) < 4.78 is 5.35. The summed E-state index contributed by atoms with van der Waals surface area (Å²) in [7, 11) is 0. The Labute approximate surface area is 128 Å². The number of hydrogen-bond donors (Lipinski definition) is 2. The third kappa shape index (κ3) is 3.24. The highest BCUT2D eigenvalue weighted by Crippen LogP contribution is 2.19. The van der Waals surface area contributed by atoms with Gasteiger partial charge in [0.1, 0.15) is 6.61 Å². The van der Waals surface area contributed by atoms with Crippen LogP contribution in [0.25, 0.3) is 0 Å². The van der Waals surface area contributed by atoms with E-state index < -0.39 is 0 Å².